The Morgan fingerprint density at radius 2 is 1.88 bits per heavy atom. The van der Waals surface area contributed by atoms with Gasteiger partial charge in [0.2, 0.25) is 0 Å². The van der Waals surface area contributed by atoms with Gasteiger partial charge in [-0.15, -0.1) is 5.10 Å². The van der Waals surface area contributed by atoms with Gasteiger partial charge in [-0.25, -0.2) is 0 Å². The molecule has 33 heavy (non-hydrogen) atoms. The SMILES string of the molecule is NC[C@]1(c2cccc(Cl)c2)CC[C@H](N(CCOc2ccccc2)C(=O)c2cccnn2)CC1. The molecule has 0 spiro atoms. The van der Waals surface area contributed by atoms with Crippen molar-refractivity contribution in [2.45, 2.75) is 37.1 Å². The predicted octanol–water partition coefficient (Wildman–Crippen LogP) is 4.49. The van der Waals surface area contributed by atoms with Crippen LogP contribution in [-0.2, 0) is 5.41 Å². The molecule has 1 aliphatic rings. The van der Waals surface area contributed by atoms with Crippen molar-refractivity contribution in [3.8, 4) is 5.75 Å². The molecule has 0 aliphatic heterocycles. The van der Waals surface area contributed by atoms with E-state index in [1.54, 1.807) is 18.3 Å². The maximum absolute atomic E-state index is 13.4. The molecule has 1 aromatic heterocycles. The number of rotatable bonds is 8. The van der Waals surface area contributed by atoms with Crippen LogP contribution in [0.2, 0.25) is 5.02 Å². The minimum absolute atomic E-state index is 0.0812. The van der Waals surface area contributed by atoms with Crippen molar-refractivity contribution in [1.82, 2.24) is 15.1 Å². The van der Waals surface area contributed by atoms with Gasteiger partial charge in [-0.3, -0.25) is 4.79 Å². The van der Waals surface area contributed by atoms with Crippen molar-refractivity contribution >= 4 is 17.5 Å². The smallest absolute Gasteiger partial charge is 0.274 e. The normalized spacial score (nSPS) is 20.2. The Balaban J connectivity index is 1.49. The van der Waals surface area contributed by atoms with Crippen LogP contribution in [0.3, 0.4) is 0 Å². The molecule has 2 aromatic carbocycles. The predicted molar refractivity (Wildman–Crippen MR) is 129 cm³/mol. The van der Waals surface area contributed by atoms with Crippen LogP contribution in [0.15, 0.2) is 72.9 Å². The second-order valence-corrected chi connectivity index (χ2v) is 8.93. The van der Waals surface area contributed by atoms with Crippen LogP contribution in [0, 0.1) is 0 Å². The van der Waals surface area contributed by atoms with Crippen LogP contribution in [-0.4, -0.2) is 46.7 Å². The van der Waals surface area contributed by atoms with Gasteiger partial charge in [-0.2, -0.15) is 5.10 Å². The summed E-state index contributed by atoms with van der Waals surface area (Å²) in [4.78, 5) is 15.3. The van der Waals surface area contributed by atoms with Crippen molar-refractivity contribution in [2.24, 2.45) is 5.73 Å². The van der Waals surface area contributed by atoms with E-state index in [9.17, 15) is 4.79 Å². The molecule has 0 bridgehead atoms. The highest BCUT2D eigenvalue weighted by atomic mass is 35.5. The van der Waals surface area contributed by atoms with E-state index < -0.39 is 0 Å². The van der Waals surface area contributed by atoms with Gasteiger partial charge in [0.05, 0.1) is 6.54 Å². The molecule has 0 radical (unpaired) electrons. The maximum Gasteiger partial charge on any atom is 0.274 e. The van der Waals surface area contributed by atoms with Crippen LogP contribution in [0.5, 0.6) is 5.75 Å². The number of carbonyl (C=O) groups is 1. The average molecular weight is 465 g/mol. The van der Waals surface area contributed by atoms with Crippen LogP contribution in [0.4, 0.5) is 0 Å². The first-order valence-corrected chi connectivity index (χ1v) is 11.7. The van der Waals surface area contributed by atoms with Crippen molar-refractivity contribution in [3.05, 3.63) is 89.2 Å². The van der Waals surface area contributed by atoms with Crippen LogP contribution < -0.4 is 10.5 Å². The van der Waals surface area contributed by atoms with Crippen molar-refractivity contribution < 1.29 is 9.53 Å². The second-order valence-electron chi connectivity index (χ2n) is 8.49. The van der Waals surface area contributed by atoms with E-state index in [1.165, 1.54) is 5.56 Å². The minimum Gasteiger partial charge on any atom is -0.492 e. The number of hydrogen-bond donors (Lipinski definition) is 1. The molecule has 0 atom stereocenters. The van der Waals surface area contributed by atoms with E-state index in [1.807, 2.05) is 53.4 Å². The number of para-hydroxylation sites is 1. The van der Waals surface area contributed by atoms with E-state index in [0.717, 1.165) is 36.5 Å². The molecule has 3 aromatic rings. The van der Waals surface area contributed by atoms with Gasteiger partial charge in [-0.1, -0.05) is 41.9 Å². The topological polar surface area (TPSA) is 81.3 Å². The lowest BCUT2D eigenvalue weighted by atomic mass is 9.68. The first-order valence-electron chi connectivity index (χ1n) is 11.3. The fourth-order valence-corrected chi connectivity index (χ4v) is 4.88. The molecule has 1 amide bonds. The summed E-state index contributed by atoms with van der Waals surface area (Å²) in [6.07, 6.45) is 5.04. The zero-order valence-electron chi connectivity index (χ0n) is 18.6. The van der Waals surface area contributed by atoms with Gasteiger partial charge in [-0.05, 0) is 67.6 Å². The molecule has 0 unspecified atom stereocenters. The first-order chi connectivity index (χ1) is 16.1. The fourth-order valence-electron chi connectivity index (χ4n) is 4.69. The summed E-state index contributed by atoms with van der Waals surface area (Å²) >= 11 is 6.26. The number of ether oxygens (including phenoxy) is 1. The highest BCUT2D eigenvalue weighted by molar-refractivity contribution is 6.30. The third kappa shape index (κ3) is 5.52. The molecule has 1 heterocycles. The number of nitrogens with two attached hydrogens (primary N) is 1. The molecular formula is C26H29ClN4O2. The zero-order valence-corrected chi connectivity index (χ0v) is 19.3. The van der Waals surface area contributed by atoms with E-state index in [-0.39, 0.29) is 17.4 Å². The highest BCUT2D eigenvalue weighted by Crippen LogP contribution is 2.41. The molecule has 2 N–H and O–H groups in total. The Labute approximate surface area is 199 Å². The molecule has 1 aliphatic carbocycles. The fraction of sp³-hybridized carbons (Fsp3) is 0.346. The number of amides is 1. The Bertz CT molecular complexity index is 1040. The minimum atomic E-state index is -0.122. The van der Waals surface area contributed by atoms with E-state index in [0.29, 0.717) is 25.4 Å². The van der Waals surface area contributed by atoms with Gasteiger partial charge < -0.3 is 15.4 Å². The van der Waals surface area contributed by atoms with Gasteiger partial charge in [0.15, 0.2) is 5.69 Å². The molecule has 1 saturated carbocycles. The number of hydrogen-bond acceptors (Lipinski definition) is 5. The zero-order chi connectivity index (χ0) is 23.1. The molecular weight excluding hydrogens is 436 g/mol. The quantitative estimate of drug-likeness (QED) is 0.531. The Morgan fingerprint density at radius 3 is 2.55 bits per heavy atom. The summed E-state index contributed by atoms with van der Waals surface area (Å²) in [6, 6.07) is 21.1. The monoisotopic (exact) mass is 464 g/mol. The summed E-state index contributed by atoms with van der Waals surface area (Å²) < 4.78 is 5.89. The van der Waals surface area contributed by atoms with Gasteiger partial charge in [0.1, 0.15) is 12.4 Å². The van der Waals surface area contributed by atoms with Crippen molar-refractivity contribution in [1.29, 1.82) is 0 Å². The van der Waals surface area contributed by atoms with Gasteiger partial charge in [0.25, 0.3) is 5.91 Å². The van der Waals surface area contributed by atoms with Gasteiger partial charge >= 0.3 is 0 Å². The Morgan fingerprint density at radius 1 is 1.09 bits per heavy atom. The number of aromatic nitrogens is 2. The number of nitrogens with zero attached hydrogens (tertiary/aromatic N) is 3. The van der Waals surface area contributed by atoms with E-state index in [2.05, 4.69) is 16.3 Å². The summed E-state index contributed by atoms with van der Waals surface area (Å²) in [7, 11) is 0. The number of carbonyl (C=O) groups excluding carboxylic acids is 1. The number of benzene rings is 2. The average Bonchev–Trinajstić information content (AvgIpc) is 2.88. The third-order valence-corrected chi connectivity index (χ3v) is 6.81. The van der Waals surface area contributed by atoms with Gasteiger partial charge in [0, 0.05) is 29.2 Å². The summed E-state index contributed by atoms with van der Waals surface area (Å²) in [5.74, 6) is 0.670. The lowest BCUT2D eigenvalue weighted by molar-refractivity contribution is 0.0548. The lowest BCUT2D eigenvalue weighted by Crippen LogP contribution is -2.48. The first kappa shape index (κ1) is 23.2. The summed E-state index contributed by atoms with van der Waals surface area (Å²) in [5, 5.41) is 8.66. The molecule has 4 rings (SSSR count). The van der Waals surface area contributed by atoms with Crippen LogP contribution >= 0.6 is 11.6 Å². The molecule has 1 fully saturated rings. The third-order valence-electron chi connectivity index (χ3n) is 6.58. The highest BCUT2D eigenvalue weighted by Gasteiger charge is 2.39. The van der Waals surface area contributed by atoms with Crippen LogP contribution in [0.25, 0.3) is 0 Å². The van der Waals surface area contributed by atoms with E-state index in [4.69, 9.17) is 22.1 Å². The largest absolute Gasteiger partial charge is 0.492 e. The summed E-state index contributed by atoms with van der Waals surface area (Å²) in [6.45, 7) is 1.43. The Hall–Kier alpha value is -2.96. The molecule has 172 valence electrons. The molecule has 7 heteroatoms. The van der Waals surface area contributed by atoms with Crippen molar-refractivity contribution in [3.63, 3.8) is 0 Å². The summed E-state index contributed by atoms with van der Waals surface area (Å²) in [5.41, 5.74) is 7.68. The van der Waals surface area contributed by atoms with Crippen LogP contribution in [0.1, 0.15) is 41.7 Å². The van der Waals surface area contributed by atoms with E-state index >= 15 is 0 Å². The molecule has 0 saturated heterocycles. The maximum atomic E-state index is 13.4. The molecule has 6 nitrogen and oxygen atoms in total. The lowest BCUT2D eigenvalue weighted by Gasteiger charge is -2.43. The Kier molecular flexibility index (Phi) is 7.57. The standard InChI is InChI=1S/C26H29ClN4O2/c27-21-7-4-6-20(18-21)26(19-28)13-11-22(12-14-26)31(25(32)24-10-5-15-29-30-24)16-17-33-23-8-2-1-3-9-23/h1-10,15,18,22H,11-14,16-17,19,28H2/t22-,26-. The van der Waals surface area contributed by atoms with Crippen molar-refractivity contribution in [2.75, 3.05) is 19.7 Å². The number of halogens is 1. The second kappa shape index (κ2) is 10.8.